The molecule has 11 heteroatoms. The van der Waals surface area contributed by atoms with Crippen LogP contribution in [-0.2, 0) is 0 Å². The van der Waals surface area contributed by atoms with Gasteiger partial charge in [0.2, 0.25) is 11.8 Å². The first-order valence-corrected chi connectivity index (χ1v) is 10.0. The lowest BCUT2D eigenvalue weighted by molar-refractivity contribution is 0.0521. The number of amides is 1. The number of imidazole rings is 1. The second-order valence-corrected chi connectivity index (χ2v) is 7.29. The molecule has 0 aliphatic heterocycles. The molecule has 0 saturated carbocycles. The Kier molecular flexibility index (Phi) is 6.26. The van der Waals surface area contributed by atoms with Gasteiger partial charge in [-0.05, 0) is 25.1 Å². The smallest absolute Gasteiger partial charge is 0.278 e. The lowest BCUT2D eigenvalue weighted by atomic mass is 10.1. The van der Waals surface area contributed by atoms with Crippen LogP contribution in [0, 0.1) is 6.92 Å². The maximum atomic E-state index is 12.9. The summed E-state index contributed by atoms with van der Waals surface area (Å²) in [5.74, 6) is -0.355. The fourth-order valence-electron chi connectivity index (χ4n) is 2.91. The van der Waals surface area contributed by atoms with E-state index in [0.717, 1.165) is 5.56 Å². The maximum Gasteiger partial charge on any atom is 0.278 e. The van der Waals surface area contributed by atoms with E-state index in [1.807, 2.05) is 18.2 Å². The Hall–Kier alpha value is -3.60. The summed E-state index contributed by atoms with van der Waals surface area (Å²) in [7, 11) is 0. The molecule has 0 aliphatic carbocycles. The summed E-state index contributed by atoms with van der Waals surface area (Å²) in [4.78, 5) is 25.4. The van der Waals surface area contributed by atoms with Crippen LogP contribution in [0.1, 0.15) is 16.2 Å². The number of halogens is 1. The van der Waals surface area contributed by atoms with E-state index < -0.39 is 18.6 Å². The first-order valence-electron chi connectivity index (χ1n) is 9.63. The molecule has 0 spiro atoms. The number of fused-ring (bicyclic) bond motifs is 1. The van der Waals surface area contributed by atoms with Crippen LogP contribution in [0.5, 0.6) is 5.88 Å². The molecule has 0 radical (unpaired) electrons. The molecule has 0 saturated heterocycles. The van der Waals surface area contributed by atoms with E-state index in [2.05, 4.69) is 25.4 Å². The minimum absolute atomic E-state index is 0.0145. The molecular formula is C21H19ClN6O4. The lowest BCUT2D eigenvalue weighted by Gasteiger charge is -2.11. The largest absolute Gasteiger partial charge is 0.475 e. The highest BCUT2D eigenvalue weighted by Crippen LogP contribution is 2.26. The number of carbonyl (C=O) groups excluding carboxylic acids is 1. The van der Waals surface area contributed by atoms with Gasteiger partial charge >= 0.3 is 0 Å². The Morgan fingerprint density at radius 2 is 2.06 bits per heavy atom. The van der Waals surface area contributed by atoms with Crippen LogP contribution < -0.4 is 10.1 Å². The standard InChI is InChI=1S/C21H19ClN6O4/c1-12-8-19(32-11-13(30)10-29)25-21(24-12)26-20(31)17-9-23-18-7-6-16(27-28(17)18)14-4-2-3-5-15(14)22/h2-9,13,29-30H,10-11H2,1H3,(H,24,25,26,31). The van der Waals surface area contributed by atoms with Gasteiger partial charge in [-0.2, -0.15) is 10.1 Å². The van der Waals surface area contributed by atoms with Crippen molar-refractivity contribution in [2.75, 3.05) is 18.5 Å². The molecule has 1 unspecified atom stereocenters. The summed E-state index contributed by atoms with van der Waals surface area (Å²) < 4.78 is 6.76. The van der Waals surface area contributed by atoms with Gasteiger partial charge in [0.25, 0.3) is 5.91 Å². The zero-order valence-electron chi connectivity index (χ0n) is 16.9. The zero-order valence-corrected chi connectivity index (χ0v) is 17.7. The van der Waals surface area contributed by atoms with Crippen molar-refractivity contribution in [1.29, 1.82) is 0 Å². The number of aromatic nitrogens is 5. The van der Waals surface area contributed by atoms with Crippen LogP contribution in [-0.4, -0.2) is 60.0 Å². The third kappa shape index (κ3) is 4.67. The summed E-state index contributed by atoms with van der Waals surface area (Å²) >= 11 is 6.28. The number of ether oxygens (including phenoxy) is 1. The summed E-state index contributed by atoms with van der Waals surface area (Å²) in [6, 6.07) is 12.3. The number of aliphatic hydroxyl groups is 2. The number of hydrogen-bond acceptors (Lipinski definition) is 8. The molecule has 0 bridgehead atoms. The van der Waals surface area contributed by atoms with Crippen LogP contribution in [0.4, 0.5) is 5.95 Å². The first-order chi connectivity index (χ1) is 15.4. The van der Waals surface area contributed by atoms with E-state index >= 15 is 0 Å². The number of aryl methyl sites for hydroxylation is 1. The number of hydrogen-bond donors (Lipinski definition) is 3. The highest BCUT2D eigenvalue weighted by atomic mass is 35.5. The van der Waals surface area contributed by atoms with E-state index in [1.54, 1.807) is 31.2 Å². The predicted octanol–water partition coefficient (Wildman–Crippen LogP) is 2.13. The van der Waals surface area contributed by atoms with Gasteiger partial charge < -0.3 is 14.9 Å². The van der Waals surface area contributed by atoms with Crippen molar-refractivity contribution in [2.45, 2.75) is 13.0 Å². The molecule has 4 aromatic rings. The minimum atomic E-state index is -1.04. The summed E-state index contributed by atoms with van der Waals surface area (Å²) in [6.45, 7) is 1.12. The van der Waals surface area contributed by atoms with Crippen molar-refractivity contribution >= 4 is 29.1 Å². The third-order valence-corrected chi connectivity index (χ3v) is 4.76. The normalized spacial score (nSPS) is 12.0. The Balaban J connectivity index is 1.60. The van der Waals surface area contributed by atoms with Gasteiger partial charge in [-0.15, -0.1) is 0 Å². The zero-order chi connectivity index (χ0) is 22.7. The number of anilines is 1. The summed E-state index contributed by atoms with van der Waals surface area (Å²) in [5.41, 5.74) is 2.52. The van der Waals surface area contributed by atoms with Gasteiger partial charge in [0.1, 0.15) is 12.7 Å². The van der Waals surface area contributed by atoms with Gasteiger partial charge in [0, 0.05) is 17.3 Å². The van der Waals surface area contributed by atoms with Gasteiger partial charge in [-0.3, -0.25) is 10.1 Å². The molecule has 32 heavy (non-hydrogen) atoms. The van der Waals surface area contributed by atoms with Crippen molar-refractivity contribution in [1.82, 2.24) is 24.6 Å². The number of nitrogens with one attached hydrogen (secondary N) is 1. The van der Waals surface area contributed by atoms with E-state index in [1.165, 1.54) is 10.7 Å². The second-order valence-electron chi connectivity index (χ2n) is 6.88. The van der Waals surface area contributed by atoms with Gasteiger partial charge in [0.15, 0.2) is 11.3 Å². The molecule has 3 N–H and O–H groups in total. The maximum absolute atomic E-state index is 12.9. The summed E-state index contributed by atoms with van der Waals surface area (Å²) in [5, 5.41) is 26.0. The average Bonchev–Trinajstić information content (AvgIpc) is 3.21. The average molecular weight is 455 g/mol. The highest BCUT2D eigenvalue weighted by molar-refractivity contribution is 6.33. The molecule has 4 rings (SSSR count). The Bertz CT molecular complexity index is 1280. The van der Waals surface area contributed by atoms with Crippen LogP contribution in [0.2, 0.25) is 5.02 Å². The number of rotatable bonds is 7. The minimum Gasteiger partial charge on any atom is -0.475 e. The van der Waals surface area contributed by atoms with Gasteiger partial charge in [-0.25, -0.2) is 14.5 Å². The monoisotopic (exact) mass is 454 g/mol. The molecule has 10 nitrogen and oxygen atoms in total. The number of aliphatic hydroxyl groups excluding tert-OH is 2. The predicted molar refractivity (Wildman–Crippen MR) is 117 cm³/mol. The van der Waals surface area contributed by atoms with E-state index in [0.29, 0.717) is 22.1 Å². The fourth-order valence-corrected chi connectivity index (χ4v) is 3.14. The second kappa shape index (κ2) is 9.27. The summed E-state index contributed by atoms with van der Waals surface area (Å²) in [6.07, 6.45) is 0.360. The van der Waals surface area contributed by atoms with Crippen molar-refractivity contribution < 1.29 is 19.7 Å². The lowest BCUT2D eigenvalue weighted by Crippen LogP contribution is -2.22. The molecular weight excluding hydrogens is 436 g/mol. The third-order valence-electron chi connectivity index (χ3n) is 4.44. The van der Waals surface area contributed by atoms with Gasteiger partial charge in [-0.1, -0.05) is 29.8 Å². The first kappa shape index (κ1) is 21.6. The van der Waals surface area contributed by atoms with Crippen LogP contribution in [0.25, 0.3) is 16.9 Å². The molecule has 1 amide bonds. The topological polar surface area (TPSA) is 135 Å². The molecule has 1 aromatic carbocycles. The number of nitrogens with zero attached hydrogens (tertiary/aromatic N) is 5. The van der Waals surface area contributed by atoms with Crippen LogP contribution in [0.15, 0.2) is 48.7 Å². The van der Waals surface area contributed by atoms with Crippen LogP contribution in [0.3, 0.4) is 0 Å². The molecule has 164 valence electrons. The quantitative estimate of drug-likeness (QED) is 0.386. The van der Waals surface area contributed by atoms with Crippen molar-refractivity contribution in [3.63, 3.8) is 0 Å². The van der Waals surface area contributed by atoms with E-state index in [9.17, 15) is 9.90 Å². The molecule has 0 aliphatic rings. The van der Waals surface area contributed by atoms with Crippen molar-refractivity contribution in [2.24, 2.45) is 0 Å². The fraction of sp³-hybridized carbons (Fsp3) is 0.190. The van der Waals surface area contributed by atoms with Crippen molar-refractivity contribution in [3.8, 4) is 17.1 Å². The number of carbonyl (C=O) groups is 1. The van der Waals surface area contributed by atoms with Crippen LogP contribution >= 0.6 is 11.6 Å². The molecule has 0 fully saturated rings. The van der Waals surface area contributed by atoms with E-state index in [-0.39, 0.29) is 24.1 Å². The van der Waals surface area contributed by atoms with Crippen molar-refractivity contribution in [3.05, 3.63) is 65.1 Å². The van der Waals surface area contributed by atoms with E-state index in [4.69, 9.17) is 21.4 Å². The van der Waals surface area contributed by atoms with Gasteiger partial charge in [0.05, 0.1) is 23.5 Å². The molecule has 3 aromatic heterocycles. The molecule has 3 heterocycles. The number of benzene rings is 1. The Morgan fingerprint density at radius 3 is 2.84 bits per heavy atom. The Morgan fingerprint density at radius 1 is 1.25 bits per heavy atom. The molecule has 1 atom stereocenters. The SMILES string of the molecule is Cc1cc(OCC(O)CO)nc(NC(=O)c2cnc3ccc(-c4ccccc4Cl)nn23)n1. The Labute approximate surface area is 187 Å². The highest BCUT2D eigenvalue weighted by Gasteiger charge is 2.17.